The second kappa shape index (κ2) is 8.78. The van der Waals surface area contributed by atoms with E-state index in [1.54, 1.807) is 0 Å². The largest absolute Gasteiger partial charge is 0.493 e. The molecule has 3 aromatic rings. The van der Waals surface area contributed by atoms with Crippen LogP contribution in [0.3, 0.4) is 0 Å². The molecule has 2 unspecified atom stereocenters. The number of aromatic amines is 1. The number of nitrogens with zero attached hydrogens (tertiary/aromatic N) is 1. The van der Waals surface area contributed by atoms with E-state index in [1.807, 2.05) is 30.5 Å². The summed E-state index contributed by atoms with van der Waals surface area (Å²) in [6.07, 6.45) is 4.55. The maximum absolute atomic E-state index is 11.2. The number of carboxylic acid groups (broad SMARTS) is 1. The van der Waals surface area contributed by atoms with Crippen LogP contribution < -0.4 is 9.47 Å². The third-order valence-corrected chi connectivity index (χ3v) is 5.69. The van der Waals surface area contributed by atoms with Crippen molar-refractivity contribution in [3.8, 4) is 11.5 Å². The van der Waals surface area contributed by atoms with Crippen LogP contribution >= 0.6 is 0 Å². The number of ether oxygens (including phenoxy) is 2. The fraction of sp³-hybridized carbons (Fsp3) is 0.417. The molecule has 0 spiro atoms. The first-order chi connectivity index (χ1) is 14.5. The highest BCUT2D eigenvalue weighted by molar-refractivity contribution is 5.78. The number of aliphatic carboxylic acids is 1. The predicted octanol–water partition coefficient (Wildman–Crippen LogP) is 5.46. The van der Waals surface area contributed by atoms with Crippen LogP contribution in [-0.4, -0.2) is 27.9 Å². The van der Waals surface area contributed by atoms with Crippen LogP contribution in [0.2, 0.25) is 0 Å². The van der Waals surface area contributed by atoms with Crippen LogP contribution in [0.25, 0.3) is 10.9 Å². The average molecular weight is 408 g/mol. The molecule has 6 nitrogen and oxygen atoms in total. The number of carbonyl (C=O) groups is 1. The Kier molecular flexibility index (Phi) is 5.93. The third-order valence-electron chi connectivity index (χ3n) is 5.69. The quantitative estimate of drug-likeness (QED) is 0.517. The van der Waals surface area contributed by atoms with Crippen LogP contribution in [0.5, 0.6) is 11.5 Å². The van der Waals surface area contributed by atoms with Crippen molar-refractivity contribution in [1.82, 2.24) is 10.2 Å². The van der Waals surface area contributed by atoms with E-state index in [2.05, 4.69) is 36.2 Å². The summed E-state index contributed by atoms with van der Waals surface area (Å²) in [5.41, 5.74) is 3.08. The molecule has 2 atom stereocenters. The zero-order valence-corrected chi connectivity index (χ0v) is 17.4. The minimum absolute atomic E-state index is 0.0134. The lowest BCUT2D eigenvalue weighted by atomic mass is 9.90. The Balaban J connectivity index is 1.58. The minimum Gasteiger partial charge on any atom is -0.493 e. The lowest BCUT2D eigenvalue weighted by molar-refractivity contribution is -0.137. The molecule has 158 valence electrons. The summed E-state index contributed by atoms with van der Waals surface area (Å²) in [5, 5.41) is 17.3. The number of benzene rings is 2. The fourth-order valence-corrected chi connectivity index (χ4v) is 4.04. The van der Waals surface area contributed by atoms with Gasteiger partial charge in [0.15, 0.2) is 0 Å². The lowest BCUT2D eigenvalue weighted by Crippen LogP contribution is -2.17. The molecule has 1 aliphatic heterocycles. The van der Waals surface area contributed by atoms with Crippen LogP contribution in [0.4, 0.5) is 0 Å². The number of fused-ring (bicyclic) bond motifs is 2. The first-order valence-corrected chi connectivity index (χ1v) is 10.6. The molecule has 0 radical (unpaired) electrons. The second-order valence-electron chi connectivity index (χ2n) is 8.43. The first-order valence-electron chi connectivity index (χ1n) is 10.6. The van der Waals surface area contributed by atoms with E-state index in [4.69, 9.17) is 9.47 Å². The smallest absolute Gasteiger partial charge is 0.303 e. The highest BCUT2D eigenvalue weighted by atomic mass is 16.5. The van der Waals surface area contributed by atoms with Crippen molar-refractivity contribution < 1.29 is 19.4 Å². The number of carboxylic acids is 1. The van der Waals surface area contributed by atoms with Gasteiger partial charge in [-0.2, -0.15) is 5.10 Å². The number of aromatic nitrogens is 2. The summed E-state index contributed by atoms with van der Waals surface area (Å²) in [6.45, 7) is 4.96. The van der Waals surface area contributed by atoms with Crippen LogP contribution in [-0.2, 0) is 4.79 Å². The van der Waals surface area contributed by atoms with E-state index < -0.39 is 5.97 Å². The van der Waals surface area contributed by atoms with Crippen LogP contribution in [0.1, 0.15) is 62.7 Å². The summed E-state index contributed by atoms with van der Waals surface area (Å²) < 4.78 is 12.3. The molecule has 0 aliphatic carbocycles. The van der Waals surface area contributed by atoms with Gasteiger partial charge in [0.2, 0.25) is 0 Å². The molecule has 30 heavy (non-hydrogen) atoms. The van der Waals surface area contributed by atoms with E-state index >= 15 is 0 Å². The van der Waals surface area contributed by atoms with Gasteiger partial charge < -0.3 is 14.6 Å². The van der Waals surface area contributed by atoms with E-state index in [-0.39, 0.29) is 18.4 Å². The number of rotatable bonds is 8. The molecule has 0 fully saturated rings. The summed E-state index contributed by atoms with van der Waals surface area (Å²) in [4.78, 5) is 11.2. The monoisotopic (exact) mass is 408 g/mol. The van der Waals surface area contributed by atoms with Gasteiger partial charge in [-0.1, -0.05) is 26.0 Å². The summed E-state index contributed by atoms with van der Waals surface area (Å²) in [7, 11) is 0. The normalized spacial score (nSPS) is 16.8. The zero-order chi connectivity index (χ0) is 21.1. The standard InChI is InChI=1S/C24H28N2O4/c1-15(2)3-8-22(17-4-7-21-18(11-17)14-25-26-21)30-19-5-6-20-16(12-24(27)28)9-10-29-23(20)13-19/h4-7,11,13-16,22H,3,8-10,12H2,1-2H3,(H,25,26)(H,27,28). The van der Waals surface area contributed by atoms with Crippen LogP contribution in [0, 0.1) is 5.92 Å². The molecule has 1 aromatic heterocycles. The van der Waals surface area contributed by atoms with Gasteiger partial charge in [-0.3, -0.25) is 9.89 Å². The number of H-pyrrole nitrogens is 1. The highest BCUT2D eigenvalue weighted by Crippen LogP contribution is 2.39. The number of hydrogen-bond donors (Lipinski definition) is 2. The van der Waals surface area contributed by atoms with Gasteiger partial charge in [0, 0.05) is 17.4 Å². The molecule has 6 heteroatoms. The summed E-state index contributed by atoms with van der Waals surface area (Å²) in [5.74, 6) is 1.26. The van der Waals surface area contributed by atoms with Gasteiger partial charge >= 0.3 is 5.97 Å². The van der Waals surface area contributed by atoms with Gasteiger partial charge in [0.05, 0.1) is 24.7 Å². The summed E-state index contributed by atoms with van der Waals surface area (Å²) >= 11 is 0. The molecule has 2 heterocycles. The third kappa shape index (κ3) is 4.58. The van der Waals surface area contributed by atoms with Crippen LogP contribution in [0.15, 0.2) is 42.6 Å². The first kappa shape index (κ1) is 20.3. The maximum atomic E-state index is 11.2. The Morgan fingerprint density at radius 2 is 2.13 bits per heavy atom. The van der Waals surface area contributed by atoms with Crippen molar-refractivity contribution in [1.29, 1.82) is 0 Å². The Labute approximate surface area is 176 Å². The van der Waals surface area contributed by atoms with E-state index in [9.17, 15) is 9.90 Å². The molecular weight excluding hydrogens is 380 g/mol. The zero-order valence-electron chi connectivity index (χ0n) is 17.4. The second-order valence-corrected chi connectivity index (χ2v) is 8.43. The van der Waals surface area contributed by atoms with Gasteiger partial charge in [0.1, 0.15) is 17.6 Å². The summed E-state index contributed by atoms with van der Waals surface area (Å²) in [6, 6.07) is 12.0. The Morgan fingerprint density at radius 3 is 2.93 bits per heavy atom. The Bertz CT molecular complexity index is 1030. The van der Waals surface area contributed by atoms with Gasteiger partial charge in [-0.25, -0.2) is 0 Å². The van der Waals surface area contributed by atoms with Crippen molar-refractivity contribution in [3.05, 3.63) is 53.7 Å². The lowest BCUT2D eigenvalue weighted by Gasteiger charge is -2.26. The maximum Gasteiger partial charge on any atom is 0.303 e. The molecule has 4 rings (SSSR count). The fourth-order valence-electron chi connectivity index (χ4n) is 4.04. The SMILES string of the molecule is CC(C)CCC(Oc1ccc2c(c1)OCCC2CC(=O)O)c1ccc2[nH]ncc2c1. The molecule has 0 bridgehead atoms. The Hall–Kier alpha value is -3.02. The molecule has 1 aliphatic rings. The average Bonchev–Trinajstić information content (AvgIpc) is 3.18. The number of nitrogens with one attached hydrogen (secondary N) is 1. The molecule has 2 N–H and O–H groups in total. The van der Waals surface area contributed by atoms with Gasteiger partial charge in [0.25, 0.3) is 0 Å². The topological polar surface area (TPSA) is 84.4 Å². The highest BCUT2D eigenvalue weighted by Gasteiger charge is 2.25. The molecule has 0 amide bonds. The number of hydrogen-bond acceptors (Lipinski definition) is 4. The van der Waals surface area contributed by atoms with Crippen molar-refractivity contribution in [2.45, 2.75) is 51.6 Å². The van der Waals surface area contributed by atoms with Crippen molar-refractivity contribution in [3.63, 3.8) is 0 Å². The Morgan fingerprint density at radius 1 is 1.27 bits per heavy atom. The predicted molar refractivity (Wildman–Crippen MR) is 115 cm³/mol. The molecule has 0 saturated carbocycles. The van der Waals surface area contributed by atoms with E-state index in [0.29, 0.717) is 12.5 Å². The van der Waals surface area contributed by atoms with E-state index in [0.717, 1.165) is 52.8 Å². The molecule has 2 aromatic carbocycles. The van der Waals surface area contributed by atoms with E-state index in [1.165, 1.54) is 0 Å². The van der Waals surface area contributed by atoms with Crippen molar-refractivity contribution >= 4 is 16.9 Å². The van der Waals surface area contributed by atoms with Gasteiger partial charge in [-0.05, 0) is 54.5 Å². The van der Waals surface area contributed by atoms with Crippen molar-refractivity contribution in [2.24, 2.45) is 5.92 Å². The van der Waals surface area contributed by atoms with Gasteiger partial charge in [-0.15, -0.1) is 0 Å². The van der Waals surface area contributed by atoms with Crippen molar-refractivity contribution in [2.75, 3.05) is 6.61 Å². The molecule has 0 saturated heterocycles. The minimum atomic E-state index is -0.781. The molecular formula is C24H28N2O4.